The highest BCUT2D eigenvalue weighted by atomic mass is 35.5. The highest BCUT2D eigenvalue weighted by Gasteiger charge is 2.21. The number of anilines is 1. The van der Waals surface area contributed by atoms with Gasteiger partial charge in [-0.15, -0.1) is 0 Å². The first kappa shape index (κ1) is 14.1. The van der Waals surface area contributed by atoms with Crippen molar-refractivity contribution in [3.05, 3.63) is 23.0 Å². The Labute approximate surface area is 117 Å². The molecular weight excluding hydrogens is 266 g/mol. The number of amides is 2. The van der Waals surface area contributed by atoms with Crippen molar-refractivity contribution in [2.24, 2.45) is 0 Å². The standard InChI is InChI=1S/C13H18ClN3O2/c1-8-12(14)11(6-7-15-8)17-13(19)16-9-2-4-10(18)5-3-9/h6-7,9-10,18H,2-5H2,1H3,(H2,15,16,17,19). The molecule has 3 N–H and O–H groups in total. The molecule has 0 aliphatic heterocycles. The van der Waals surface area contributed by atoms with Gasteiger partial charge in [0.2, 0.25) is 0 Å². The predicted octanol–water partition coefficient (Wildman–Crippen LogP) is 2.47. The summed E-state index contributed by atoms with van der Waals surface area (Å²) in [7, 11) is 0. The second-order valence-corrected chi connectivity index (χ2v) is 5.24. The van der Waals surface area contributed by atoms with Crippen molar-refractivity contribution in [2.45, 2.75) is 44.8 Å². The van der Waals surface area contributed by atoms with Crippen molar-refractivity contribution in [3.8, 4) is 0 Å². The van der Waals surface area contributed by atoms with Gasteiger partial charge in [-0.2, -0.15) is 0 Å². The number of aryl methyl sites for hydroxylation is 1. The molecule has 5 nitrogen and oxygen atoms in total. The van der Waals surface area contributed by atoms with Crippen LogP contribution in [0.4, 0.5) is 10.5 Å². The van der Waals surface area contributed by atoms with E-state index >= 15 is 0 Å². The van der Waals surface area contributed by atoms with E-state index < -0.39 is 0 Å². The molecule has 0 atom stereocenters. The zero-order valence-corrected chi connectivity index (χ0v) is 11.6. The number of aliphatic hydroxyl groups is 1. The normalized spacial score (nSPS) is 22.9. The SMILES string of the molecule is Cc1nccc(NC(=O)NC2CCC(O)CC2)c1Cl. The van der Waals surface area contributed by atoms with Crippen LogP contribution in [0.25, 0.3) is 0 Å². The molecule has 1 heterocycles. The van der Waals surface area contributed by atoms with E-state index in [9.17, 15) is 9.90 Å². The Morgan fingerprint density at radius 3 is 2.79 bits per heavy atom. The highest BCUT2D eigenvalue weighted by molar-refractivity contribution is 6.34. The van der Waals surface area contributed by atoms with E-state index in [1.165, 1.54) is 0 Å². The number of carbonyl (C=O) groups excluding carboxylic acids is 1. The molecule has 1 fully saturated rings. The maximum absolute atomic E-state index is 11.9. The second-order valence-electron chi connectivity index (χ2n) is 4.86. The quantitative estimate of drug-likeness (QED) is 0.780. The minimum atomic E-state index is -0.270. The van der Waals surface area contributed by atoms with Crippen LogP contribution in [0, 0.1) is 6.92 Å². The van der Waals surface area contributed by atoms with Crippen LogP contribution in [0.2, 0.25) is 5.02 Å². The van der Waals surface area contributed by atoms with E-state index in [0.717, 1.165) is 25.7 Å². The predicted molar refractivity (Wildman–Crippen MR) is 74.4 cm³/mol. The van der Waals surface area contributed by atoms with Gasteiger partial charge in [0.25, 0.3) is 0 Å². The minimum Gasteiger partial charge on any atom is -0.393 e. The molecule has 1 aliphatic rings. The third-order valence-corrected chi connectivity index (χ3v) is 3.82. The summed E-state index contributed by atoms with van der Waals surface area (Å²) in [5.74, 6) is 0. The van der Waals surface area contributed by atoms with Gasteiger partial charge in [-0.25, -0.2) is 4.79 Å². The second kappa shape index (κ2) is 6.21. The van der Waals surface area contributed by atoms with Gasteiger partial charge in [0.1, 0.15) is 0 Å². The summed E-state index contributed by atoms with van der Waals surface area (Å²) in [4.78, 5) is 15.9. The average Bonchev–Trinajstić information content (AvgIpc) is 2.38. The van der Waals surface area contributed by atoms with E-state index in [4.69, 9.17) is 11.6 Å². The highest BCUT2D eigenvalue weighted by Crippen LogP contribution is 2.23. The van der Waals surface area contributed by atoms with E-state index in [2.05, 4.69) is 15.6 Å². The summed E-state index contributed by atoms with van der Waals surface area (Å²) in [6.07, 6.45) is 4.46. The van der Waals surface area contributed by atoms with Crippen LogP contribution in [-0.2, 0) is 0 Å². The summed E-state index contributed by atoms with van der Waals surface area (Å²) in [6, 6.07) is 1.51. The average molecular weight is 284 g/mol. The van der Waals surface area contributed by atoms with Gasteiger partial charge in [-0.1, -0.05) is 11.6 Å². The Morgan fingerprint density at radius 1 is 1.42 bits per heavy atom. The monoisotopic (exact) mass is 283 g/mol. The Kier molecular flexibility index (Phi) is 4.61. The molecule has 0 saturated heterocycles. The molecule has 19 heavy (non-hydrogen) atoms. The van der Waals surface area contributed by atoms with Crippen molar-refractivity contribution in [1.29, 1.82) is 0 Å². The number of carbonyl (C=O) groups is 1. The summed E-state index contributed by atoms with van der Waals surface area (Å²) in [5, 5.41) is 15.5. The van der Waals surface area contributed by atoms with Crippen molar-refractivity contribution in [2.75, 3.05) is 5.32 Å². The lowest BCUT2D eigenvalue weighted by atomic mass is 9.93. The maximum atomic E-state index is 11.9. The number of aromatic nitrogens is 1. The molecule has 0 spiro atoms. The van der Waals surface area contributed by atoms with Gasteiger partial charge >= 0.3 is 6.03 Å². The van der Waals surface area contributed by atoms with Crippen molar-refractivity contribution >= 4 is 23.3 Å². The third kappa shape index (κ3) is 3.81. The first-order valence-corrected chi connectivity index (χ1v) is 6.80. The van der Waals surface area contributed by atoms with Crippen LogP contribution < -0.4 is 10.6 Å². The molecule has 2 rings (SSSR count). The number of pyridine rings is 1. The Morgan fingerprint density at radius 2 is 2.11 bits per heavy atom. The fourth-order valence-electron chi connectivity index (χ4n) is 2.21. The van der Waals surface area contributed by atoms with Gasteiger partial charge in [0, 0.05) is 12.2 Å². The first-order chi connectivity index (χ1) is 9.06. The van der Waals surface area contributed by atoms with E-state index in [1.807, 2.05) is 0 Å². The Bertz CT molecular complexity index is 459. The van der Waals surface area contributed by atoms with Gasteiger partial charge in [0.05, 0.1) is 22.5 Å². The zero-order valence-electron chi connectivity index (χ0n) is 10.8. The number of nitrogens with one attached hydrogen (secondary N) is 2. The van der Waals surface area contributed by atoms with Crippen molar-refractivity contribution in [3.63, 3.8) is 0 Å². The summed E-state index contributed by atoms with van der Waals surface area (Å²) >= 11 is 6.06. The van der Waals surface area contributed by atoms with Gasteiger partial charge < -0.3 is 15.7 Å². The molecule has 0 unspecified atom stereocenters. The number of aliphatic hydroxyl groups excluding tert-OH is 1. The van der Waals surface area contributed by atoms with E-state index in [-0.39, 0.29) is 18.2 Å². The van der Waals surface area contributed by atoms with E-state index in [0.29, 0.717) is 16.4 Å². The van der Waals surface area contributed by atoms with Gasteiger partial charge in [0.15, 0.2) is 0 Å². The fraction of sp³-hybridized carbons (Fsp3) is 0.538. The number of hydrogen-bond acceptors (Lipinski definition) is 3. The van der Waals surface area contributed by atoms with Crippen LogP contribution in [0.1, 0.15) is 31.4 Å². The molecule has 2 amide bonds. The molecular formula is C13H18ClN3O2. The lowest BCUT2D eigenvalue weighted by Crippen LogP contribution is -2.40. The topological polar surface area (TPSA) is 74.2 Å². The van der Waals surface area contributed by atoms with Crippen LogP contribution in [0.15, 0.2) is 12.3 Å². The van der Waals surface area contributed by atoms with E-state index in [1.54, 1.807) is 19.2 Å². The van der Waals surface area contributed by atoms with Crippen molar-refractivity contribution in [1.82, 2.24) is 10.3 Å². The molecule has 6 heteroatoms. The fourth-order valence-corrected chi connectivity index (χ4v) is 2.37. The molecule has 1 saturated carbocycles. The van der Waals surface area contributed by atoms with Crippen LogP contribution >= 0.6 is 11.6 Å². The summed E-state index contributed by atoms with van der Waals surface area (Å²) < 4.78 is 0. The third-order valence-electron chi connectivity index (χ3n) is 3.34. The Balaban J connectivity index is 1.89. The molecule has 0 aromatic carbocycles. The van der Waals surface area contributed by atoms with Crippen LogP contribution in [-0.4, -0.2) is 28.3 Å². The largest absolute Gasteiger partial charge is 0.393 e. The van der Waals surface area contributed by atoms with Gasteiger partial charge in [-0.05, 0) is 38.7 Å². The molecule has 104 valence electrons. The van der Waals surface area contributed by atoms with Crippen LogP contribution in [0.5, 0.6) is 0 Å². The smallest absolute Gasteiger partial charge is 0.319 e. The molecule has 0 radical (unpaired) electrons. The molecule has 0 bridgehead atoms. The molecule has 1 aromatic heterocycles. The molecule has 1 aromatic rings. The van der Waals surface area contributed by atoms with Crippen molar-refractivity contribution < 1.29 is 9.90 Å². The number of hydrogen-bond donors (Lipinski definition) is 3. The number of rotatable bonds is 2. The lowest BCUT2D eigenvalue weighted by Gasteiger charge is -2.26. The molecule has 1 aliphatic carbocycles. The summed E-state index contributed by atoms with van der Waals surface area (Å²) in [6.45, 7) is 1.79. The zero-order chi connectivity index (χ0) is 13.8. The Hall–Kier alpha value is -1.33. The minimum absolute atomic E-state index is 0.116. The first-order valence-electron chi connectivity index (χ1n) is 6.43. The van der Waals surface area contributed by atoms with Gasteiger partial charge in [-0.3, -0.25) is 4.98 Å². The number of urea groups is 1. The summed E-state index contributed by atoms with van der Waals surface area (Å²) in [5.41, 5.74) is 1.24. The number of halogens is 1. The maximum Gasteiger partial charge on any atom is 0.319 e. The lowest BCUT2D eigenvalue weighted by molar-refractivity contribution is 0.118. The number of nitrogens with zero attached hydrogens (tertiary/aromatic N) is 1. The van der Waals surface area contributed by atoms with Crippen LogP contribution in [0.3, 0.4) is 0 Å².